The van der Waals surface area contributed by atoms with Crippen LogP contribution in [0, 0.1) is 5.92 Å². The smallest absolute Gasteiger partial charge is 0.247 e. The van der Waals surface area contributed by atoms with Crippen LogP contribution in [0.25, 0.3) is 0 Å². The lowest BCUT2D eigenvalue weighted by Gasteiger charge is -2.26. The van der Waals surface area contributed by atoms with Crippen molar-refractivity contribution in [3.05, 3.63) is 12.2 Å². The number of amides is 4. The van der Waals surface area contributed by atoms with Crippen LogP contribution in [0.5, 0.6) is 0 Å². The lowest BCUT2D eigenvalue weighted by atomic mass is 10.1. The minimum Gasteiger partial charge on any atom is -0.368 e. The largest absolute Gasteiger partial charge is 0.368 e. The number of rotatable bonds is 4. The summed E-state index contributed by atoms with van der Waals surface area (Å²) in [5.41, 5.74) is 10.7. The first kappa shape index (κ1) is 16.5. The summed E-state index contributed by atoms with van der Waals surface area (Å²) in [7, 11) is 0. The van der Waals surface area contributed by atoms with Gasteiger partial charge in [-0.05, 0) is 38.5 Å². The van der Waals surface area contributed by atoms with Gasteiger partial charge in [0.25, 0.3) is 0 Å². The molecule has 1 aliphatic carbocycles. The molecule has 24 heavy (non-hydrogen) atoms. The summed E-state index contributed by atoms with van der Waals surface area (Å²) in [6.07, 6.45) is 5.03. The molecular weight excluding hydrogens is 312 g/mol. The Morgan fingerprint density at radius 1 is 0.875 bits per heavy atom. The molecule has 0 aromatic carbocycles. The van der Waals surface area contributed by atoms with E-state index in [1.165, 1.54) is 15.9 Å². The van der Waals surface area contributed by atoms with Crippen molar-refractivity contribution in [2.45, 2.75) is 56.8 Å². The van der Waals surface area contributed by atoms with Gasteiger partial charge >= 0.3 is 0 Å². The Hall–Kier alpha value is -2.38. The highest BCUT2D eigenvalue weighted by molar-refractivity contribution is 6.00. The van der Waals surface area contributed by atoms with E-state index in [9.17, 15) is 19.2 Å². The molecule has 0 aromatic heterocycles. The van der Waals surface area contributed by atoms with Gasteiger partial charge in [-0.1, -0.05) is 0 Å². The summed E-state index contributed by atoms with van der Waals surface area (Å²) in [4.78, 5) is 50.6. The van der Waals surface area contributed by atoms with Crippen molar-refractivity contribution in [1.29, 1.82) is 0 Å². The molecule has 3 rings (SSSR count). The molecule has 0 unspecified atom stereocenters. The van der Waals surface area contributed by atoms with Crippen LogP contribution in [0.1, 0.15) is 32.6 Å². The molecule has 0 radical (unpaired) electrons. The van der Waals surface area contributed by atoms with E-state index < -0.39 is 29.8 Å². The molecule has 3 aliphatic rings. The van der Waals surface area contributed by atoms with E-state index in [2.05, 4.69) is 0 Å². The Kier molecular flexibility index (Phi) is 4.06. The highest BCUT2D eigenvalue weighted by Gasteiger charge is 2.55. The van der Waals surface area contributed by atoms with Crippen molar-refractivity contribution in [2.75, 3.05) is 0 Å². The zero-order chi connectivity index (χ0) is 17.6. The molecular formula is C16H22N4O4. The third-order valence-corrected chi connectivity index (χ3v) is 5.31. The SMILES string of the molecule is C[C@H]1CC[C@@H](C(N)=O)N1C(=O)/C=C/C(=O)N1[C@H](C(N)=O)C[C@@H]2C[C@@H]21. The summed E-state index contributed by atoms with van der Waals surface area (Å²) in [6.45, 7) is 1.84. The van der Waals surface area contributed by atoms with Gasteiger partial charge in [0.2, 0.25) is 23.6 Å². The van der Waals surface area contributed by atoms with Crippen LogP contribution in [0.2, 0.25) is 0 Å². The molecule has 4 N–H and O–H groups in total. The number of primary amides is 2. The number of hydrogen-bond donors (Lipinski definition) is 2. The first-order valence-corrected chi connectivity index (χ1v) is 8.22. The molecule has 1 saturated carbocycles. The number of fused-ring (bicyclic) bond motifs is 1. The first-order chi connectivity index (χ1) is 11.3. The molecule has 4 amide bonds. The van der Waals surface area contributed by atoms with Crippen molar-refractivity contribution >= 4 is 23.6 Å². The molecule has 2 heterocycles. The minimum absolute atomic E-state index is 0.0545. The summed E-state index contributed by atoms with van der Waals surface area (Å²) in [5.74, 6) is -1.52. The summed E-state index contributed by atoms with van der Waals surface area (Å²) in [5, 5.41) is 0. The maximum Gasteiger partial charge on any atom is 0.247 e. The van der Waals surface area contributed by atoms with Crippen LogP contribution in [0.4, 0.5) is 0 Å². The van der Waals surface area contributed by atoms with Gasteiger partial charge in [0.05, 0.1) is 0 Å². The molecule has 2 aliphatic heterocycles. The molecule has 2 saturated heterocycles. The van der Waals surface area contributed by atoms with E-state index in [1.807, 2.05) is 6.92 Å². The van der Waals surface area contributed by atoms with Crippen LogP contribution in [0.15, 0.2) is 12.2 Å². The highest BCUT2D eigenvalue weighted by atomic mass is 16.2. The topological polar surface area (TPSA) is 127 Å². The number of hydrogen-bond acceptors (Lipinski definition) is 4. The standard InChI is InChI=1S/C16H22N4O4/c1-8-2-3-10(15(17)23)19(8)13(21)4-5-14(22)20-11-6-9(11)7-12(20)16(18)24/h4-5,8-12H,2-3,6-7H2,1H3,(H2,17,23)(H2,18,24)/b5-4+/t8-,9-,10-,11-,12-/m0/s1. The van der Waals surface area contributed by atoms with Crippen LogP contribution in [-0.2, 0) is 19.2 Å². The zero-order valence-corrected chi connectivity index (χ0v) is 13.6. The summed E-state index contributed by atoms with van der Waals surface area (Å²) < 4.78 is 0. The van der Waals surface area contributed by atoms with E-state index in [0.29, 0.717) is 25.2 Å². The minimum atomic E-state index is -0.634. The number of nitrogens with zero attached hydrogens (tertiary/aromatic N) is 2. The van der Waals surface area contributed by atoms with Crippen molar-refractivity contribution in [3.8, 4) is 0 Å². The number of nitrogens with two attached hydrogens (primary N) is 2. The Bertz CT molecular complexity index is 596. The van der Waals surface area contributed by atoms with Gasteiger partial charge in [-0.2, -0.15) is 0 Å². The Morgan fingerprint density at radius 2 is 1.46 bits per heavy atom. The second kappa shape index (κ2) is 5.92. The quantitative estimate of drug-likeness (QED) is 0.631. The molecule has 0 bridgehead atoms. The summed E-state index contributed by atoms with van der Waals surface area (Å²) in [6, 6.07) is -1.28. The van der Waals surface area contributed by atoms with E-state index >= 15 is 0 Å². The monoisotopic (exact) mass is 334 g/mol. The van der Waals surface area contributed by atoms with E-state index in [4.69, 9.17) is 11.5 Å². The normalized spacial score (nSPS) is 34.5. The predicted octanol–water partition coefficient (Wildman–Crippen LogP) is -1.12. The van der Waals surface area contributed by atoms with Crippen molar-refractivity contribution in [2.24, 2.45) is 17.4 Å². The van der Waals surface area contributed by atoms with Gasteiger partial charge in [-0.15, -0.1) is 0 Å². The molecule has 5 atom stereocenters. The van der Waals surface area contributed by atoms with Crippen molar-refractivity contribution in [3.63, 3.8) is 0 Å². The lowest BCUT2D eigenvalue weighted by Crippen LogP contribution is -2.46. The number of piperidine rings is 1. The maximum atomic E-state index is 12.4. The fourth-order valence-electron chi connectivity index (χ4n) is 3.98. The van der Waals surface area contributed by atoms with Crippen LogP contribution >= 0.6 is 0 Å². The second-order valence-corrected chi connectivity index (χ2v) is 6.89. The number of carbonyl (C=O) groups excluding carboxylic acids is 4. The molecule has 8 nitrogen and oxygen atoms in total. The van der Waals surface area contributed by atoms with Crippen molar-refractivity contribution < 1.29 is 19.2 Å². The number of carbonyl (C=O) groups is 4. The average Bonchev–Trinajstić information content (AvgIpc) is 2.99. The second-order valence-electron chi connectivity index (χ2n) is 6.89. The Labute approximate surface area is 139 Å². The highest BCUT2D eigenvalue weighted by Crippen LogP contribution is 2.47. The zero-order valence-electron chi connectivity index (χ0n) is 13.6. The molecule has 3 fully saturated rings. The predicted molar refractivity (Wildman–Crippen MR) is 84.0 cm³/mol. The van der Waals surface area contributed by atoms with Gasteiger partial charge in [-0.25, -0.2) is 0 Å². The van der Waals surface area contributed by atoms with Gasteiger partial charge in [-0.3, -0.25) is 19.2 Å². The fourth-order valence-corrected chi connectivity index (χ4v) is 3.98. The number of likely N-dealkylation sites (tertiary alicyclic amines) is 2. The fraction of sp³-hybridized carbons (Fsp3) is 0.625. The third-order valence-electron chi connectivity index (χ3n) is 5.31. The molecule has 0 spiro atoms. The molecule has 0 aromatic rings. The lowest BCUT2D eigenvalue weighted by molar-refractivity contribution is -0.136. The van der Waals surface area contributed by atoms with E-state index in [0.717, 1.165) is 12.5 Å². The van der Waals surface area contributed by atoms with E-state index in [1.54, 1.807) is 0 Å². The van der Waals surface area contributed by atoms with Gasteiger partial charge < -0.3 is 21.3 Å². The Morgan fingerprint density at radius 3 is 2.04 bits per heavy atom. The Balaban J connectivity index is 1.68. The van der Waals surface area contributed by atoms with Gasteiger partial charge in [0.15, 0.2) is 0 Å². The average molecular weight is 334 g/mol. The third kappa shape index (κ3) is 2.76. The first-order valence-electron chi connectivity index (χ1n) is 8.22. The van der Waals surface area contributed by atoms with Crippen molar-refractivity contribution in [1.82, 2.24) is 9.80 Å². The van der Waals surface area contributed by atoms with Crippen LogP contribution in [-0.4, -0.2) is 57.6 Å². The van der Waals surface area contributed by atoms with E-state index in [-0.39, 0.29) is 18.0 Å². The summed E-state index contributed by atoms with van der Waals surface area (Å²) >= 11 is 0. The van der Waals surface area contributed by atoms with Crippen LogP contribution < -0.4 is 11.5 Å². The van der Waals surface area contributed by atoms with Crippen LogP contribution in [0.3, 0.4) is 0 Å². The maximum absolute atomic E-state index is 12.4. The van der Waals surface area contributed by atoms with Gasteiger partial charge in [0, 0.05) is 24.2 Å². The molecule has 8 heteroatoms. The molecule has 130 valence electrons. The van der Waals surface area contributed by atoms with Gasteiger partial charge in [0.1, 0.15) is 12.1 Å².